The molecule has 1 aromatic rings. The molecule has 0 bridgehead atoms. The minimum absolute atomic E-state index is 1.23. The number of aryl methyl sites for hydroxylation is 2. The fourth-order valence-corrected chi connectivity index (χ4v) is 8.09. The van der Waals surface area contributed by atoms with Gasteiger partial charge in [-0.2, -0.15) is 0 Å². The standard InChI is InChI=1S/C48H95N2/c1-4-7-10-13-16-19-21-23-24-25-26-28-30-33-36-39-42-45-50-47-46-49(48(50)43-40-37-34-31-18-15-12-9-6-3)44-41-38-35-32-29-27-22-20-17-14-11-8-5-2/h46-47H,4-45H2,1-3H3/q+1. The van der Waals surface area contributed by atoms with Crippen molar-refractivity contribution in [2.24, 2.45) is 0 Å². The summed E-state index contributed by atoms with van der Waals surface area (Å²) in [6.07, 6.45) is 62.3. The van der Waals surface area contributed by atoms with Crippen LogP contribution in [0, 0.1) is 0 Å². The lowest BCUT2D eigenvalue weighted by molar-refractivity contribution is -0.704. The van der Waals surface area contributed by atoms with E-state index in [1.807, 2.05) is 0 Å². The van der Waals surface area contributed by atoms with Gasteiger partial charge in [-0.1, -0.05) is 239 Å². The molecule has 0 unspecified atom stereocenters. The maximum atomic E-state index is 2.65. The Balaban J connectivity index is 2.22. The van der Waals surface area contributed by atoms with Crippen LogP contribution < -0.4 is 4.57 Å². The molecule has 2 nitrogen and oxygen atoms in total. The third-order valence-corrected chi connectivity index (χ3v) is 11.6. The maximum Gasteiger partial charge on any atom is 0.256 e. The van der Waals surface area contributed by atoms with Crippen molar-refractivity contribution in [2.75, 3.05) is 0 Å². The number of imidazole rings is 1. The summed E-state index contributed by atoms with van der Waals surface area (Å²) < 4.78 is 5.30. The Morgan fingerprint density at radius 1 is 0.340 bits per heavy atom. The van der Waals surface area contributed by atoms with E-state index in [0.29, 0.717) is 0 Å². The second-order valence-corrected chi connectivity index (χ2v) is 16.6. The molecule has 0 aliphatic heterocycles. The van der Waals surface area contributed by atoms with Crippen LogP contribution >= 0.6 is 0 Å². The second kappa shape index (κ2) is 39.4. The SMILES string of the molecule is CCCCCCCCCCCCCCCCCCCn1cc[n+](CCCCCCCCCCCCCCC)c1CCCCCCCCCCC. The van der Waals surface area contributed by atoms with Crippen LogP contribution in [0.4, 0.5) is 0 Å². The van der Waals surface area contributed by atoms with Gasteiger partial charge in [0.1, 0.15) is 12.4 Å². The summed E-state index contributed by atoms with van der Waals surface area (Å²) in [5.41, 5.74) is 0. The van der Waals surface area contributed by atoms with Gasteiger partial charge < -0.3 is 0 Å². The van der Waals surface area contributed by atoms with E-state index in [1.54, 1.807) is 5.82 Å². The zero-order chi connectivity index (χ0) is 35.8. The molecule has 0 spiro atoms. The van der Waals surface area contributed by atoms with E-state index in [0.717, 1.165) is 0 Å². The lowest BCUT2D eigenvalue weighted by atomic mass is 10.0. The van der Waals surface area contributed by atoms with Crippen molar-refractivity contribution < 1.29 is 4.57 Å². The van der Waals surface area contributed by atoms with Gasteiger partial charge in [-0.05, 0) is 32.1 Å². The summed E-state index contributed by atoms with van der Waals surface area (Å²) in [7, 11) is 0. The van der Waals surface area contributed by atoms with Crippen LogP contribution in [0.25, 0.3) is 0 Å². The highest BCUT2D eigenvalue weighted by Crippen LogP contribution is 2.16. The van der Waals surface area contributed by atoms with E-state index in [-0.39, 0.29) is 0 Å². The van der Waals surface area contributed by atoms with Crippen molar-refractivity contribution in [3.8, 4) is 0 Å². The van der Waals surface area contributed by atoms with Crippen LogP contribution in [0.15, 0.2) is 12.4 Å². The molecule has 0 saturated heterocycles. The summed E-state index contributed by atoms with van der Waals surface area (Å²) in [6, 6.07) is 0. The van der Waals surface area contributed by atoms with E-state index in [1.165, 1.54) is 270 Å². The Bertz CT molecular complexity index is 766. The Hall–Kier alpha value is -0.790. The van der Waals surface area contributed by atoms with Gasteiger partial charge in [-0.3, -0.25) is 0 Å². The molecule has 296 valence electrons. The Labute approximate surface area is 317 Å². The van der Waals surface area contributed by atoms with Crippen molar-refractivity contribution >= 4 is 0 Å². The van der Waals surface area contributed by atoms with Gasteiger partial charge in [0.25, 0.3) is 5.82 Å². The Morgan fingerprint density at radius 3 is 0.960 bits per heavy atom. The fraction of sp³-hybridized carbons (Fsp3) is 0.938. The first-order chi connectivity index (χ1) is 24.8. The molecule has 1 rings (SSSR count). The van der Waals surface area contributed by atoms with Crippen molar-refractivity contribution in [2.45, 2.75) is 291 Å². The van der Waals surface area contributed by atoms with Crippen LogP contribution in [0.1, 0.15) is 277 Å². The normalized spacial score (nSPS) is 11.7. The van der Waals surface area contributed by atoms with Gasteiger partial charge in [-0.15, -0.1) is 0 Å². The Kier molecular flexibility index (Phi) is 37.2. The number of aromatic nitrogens is 2. The largest absolute Gasteiger partial charge is 0.256 e. The highest BCUT2D eigenvalue weighted by molar-refractivity contribution is 4.84. The molecule has 0 saturated carbocycles. The zero-order valence-electron chi connectivity index (χ0n) is 35.2. The van der Waals surface area contributed by atoms with Crippen molar-refractivity contribution in [3.05, 3.63) is 18.2 Å². The smallest absolute Gasteiger partial charge is 0.234 e. The van der Waals surface area contributed by atoms with E-state index < -0.39 is 0 Å². The predicted molar refractivity (Wildman–Crippen MR) is 225 cm³/mol. The summed E-state index contributed by atoms with van der Waals surface area (Å²) in [5, 5.41) is 0. The van der Waals surface area contributed by atoms with Gasteiger partial charge in [-0.25, -0.2) is 9.13 Å². The summed E-state index contributed by atoms with van der Waals surface area (Å²) in [5.74, 6) is 1.63. The number of hydrogen-bond donors (Lipinski definition) is 0. The quantitative estimate of drug-likeness (QED) is 0.0474. The minimum atomic E-state index is 1.23. The summed E-state index contributed by atoms with van der Waals surface area (Å²) >= 11 is 0. The van der Waals surface area contributed by atoms with Gasteiger partial charge in [0, 0.05) is 6.42 Å². The highest BCUT2D eigenvalue weighted by atomic mass is 15.1. The van der Waals surface area contributed by atoms with Crippen LogP contribution in [-0.2, 0) is 19.5 Å². The molecule has 0 N–H and O–H groups in total. The van der Waals surface area contributed by atoms with Crippen molar-refractivity contribution in [3.63, 3.8) is 0 Å². The van der Waals surface area contributed by atoms with E-state index in [2.05, 4.69) is 42.3 Å². The molecule has 1 heterocycles. The third-order valence-electron chi connectivity index (χ3n) is 11.6. The predicted octanol–water partition coefficient (Wildman–Crippen LogP) is 16.6. The minimum Gasteiger partial charge on any atom is -0.234 e. The van der Waals surface area contributed by atoms with Crippen LogP contribution in [0.2, 0.25) is 0 Å². The topological polar surface area (TPSA) is 8.81 Å². The Morgan fingerprint density at radius 2 is 0.620 bits per heavy atom. The molecular formula is C48H95N2+. The average molecular weight is 700 g/mol. The number of unbranched alkanes of at least 4 members (excludes halogenated alkanes) is 36. The van der Waals surface area contributed by atoms with E-state index >= 15 is 0 Å². The summed E-state index contributed by atoms with van der Waals surface area (Å²) in [4.78, 5) is 0. The zero-order valence-corrected chi connectivity index (χ0v) is 35.2. The summed E-state index contributed by atoms with van der Waals surface area (Å²) in [6.45, 7) is 9.42. The molecule has 50 heavy (non-hydrogen) atoms. The number of nitrogens with zero attached hydrogens (tertiary/aromatic N) is 2. The molecule has 1 aromatic heterocycles. The van der Waals surface area contributed by atoms with Gasteiger partial charge in [0.2, 0.25) is 0 Å². The third kappa shape index (κ3) is 30.8. The second-order valence-electron chi connectivity index (χ2n) is 16.6. The molecule has 0 aliphatic rings. The first-order valence-corrected chi connectivity index (χ1v) is 23.9. The number of hydrogen-bond acceptors (Lipinski definition) is 0. The number of rotatable bonds is 42. The first kappa shape index (κ1) is 47.2. The molecule has 0 radical (unpaired) electrons. The van der Waals surface area contributed by atoms with Crippen LogP contribution in [0.3, 0.4) is 0 Å². The molecule has 0 aromatic carbocycles. The highest BCUT2D eigenvalue weighted by Gasteiger charge is 2.16. The van der Waals surface area contributed by atoms with Crippen molar-refractivity contribution in [1.29, 1.82) is 0 Å². The maximum absolute atomic E-state index is 2.65. The molecule has 0 aliphatic carbocycles. The first-order valence-electron chi connectivity index (χ1n) is 23.9. The molecule has 0 atom stereocenters. The molecular weight excluding hydrogens is 605 g/mol. The average Bonchev–Trinajstić information content (AvgIpc) is 3.51. The molecule has 0 amide bonds. The monoisotopic (exact) mass is 700 g/mol. The lowest BCUT2D eigenvalue weighted by Crippen LogP contribution is -2.37. The van der Waals surface area contributed by atoms with Crippen molar-refractivity contribution in [1.82, 2.24) is 4.57 Å². The van der Waals surface area contributed by atoms with E-state index in [4.69, 9.17) is 0 Å². The lowest BCUT2D eigenvalue weighted by Gasteiger charge is -2.07. The molecule has 0 fully saturated rings. The van der Waals surface area contributed by atoms with Gasteiger partial charge >= 0.3 is 0 Å². The van der Waals surface area contributed by atoms with E-state index in [9.17, 15) is 0 Å². The van der Waals surface area contributed by atoms with Crippen LogP contribution in [-0.4, -0.2) is 4.57 Å². The van der Waals surface area contributed by atoms with Gasteiger partial charge in [0.15, 0.2) is 0 Å². The fourth-order valence-electron chi connectivity index (χ4n) is 8.09. The van der Waals surface area contributed by atoms with Gasteiger partial charge in [0.05, 0.1) is 13.1 Å². The molecule has 2 heteroatoms. The van der Waals surface area contributed by atoms with Crippen LogP contribution in [0.5, 0.6) is 0 Å².